The van der Waals surface area contributed by atoms with Gasteiger partial charge in [0.2, 0.25) is 0 Å². The SMILES string of the molecule is CCCCSC(Cc1cc(C(C)(C)C)c(O)c(C(C)(C)C)c1)C(=O)OCCC. The van der Waals surface area contributed by atoms with Crippen molar-refractivity contribution >= 4 is 17.7 Å². The summed E-state index contributed by atoms with van der Waals surface area (Å²) in [4.78, 5) is 12.6. The summed E-state index contributed by atoms with van der Waals surface area (Å²) in [7, 11) is 0. The predicted molar refractivity (Wildman–Crippen MR) is 122 cm³/mol. The number of phenolic OH excluding ortho intramolecular Hbond substituents is 1. The van der Waals surface area contributed by atoms with Gasteiger partial charge < -0.3 is 9.84 Å². The summed E-state index contributed by atoms with van der Waals surface area (Å²) >= 11 is 1.69. The van der Waals surface area contributed by atoms with Crippen molar-refractivity contribution in [1.29, 1.82) is 0 Å². The third kappa shape index (κ3) is 7.35. The topological polar surface area (TPSA) is 46.5 Å². The minimum absolute atomic E-state index is 0.120. The van der Waals surface area contributed by atoms with Crippen LogP contribution < -0.4 is 0 Å². The third-order valence-electron chi connectivity index (χ3n) is 4.74. The second kappa shape index (κ2) is 10.6. The lowest BCUT2D eigenvalue weighted by atomic mass is 9.78. The molecule has 1 aromatic carbocycles. The zero-order valence-corrected chi connectivity index (χ0v) is 20.0. The fourth-order valence-corrected chi connectivity index (χ4v) is 4.30. The summed E-state index contributed by atoms with van der Waals surface area (Å²) in [6.07, 6.45) is 3.67. The van der Waals surface area contributed by atoms with Gasteiger partial charge in [-0.3, -0.25) is 4.79 Å². The normalized spacial score (nSPS) is 13.4. The molecule has 0 fully saturated rings. The molecule has 0 heterocycles. The smallest absolute Gasteiger partial charge is 0.319 e. The van der Waals surface area contributed by atoms with Crippen LogP contribution in [0.15, 0.2) is 12.1 Å². The molecule has 3 nitrogen and oxygen atoms in total. The van der Waals surface area contributed by atoms with Crippen molar-refractivity contribution in [2.24, 2.45) is 0 Å². The van der Waals surface area contributed by atoms with E-state index < -0.39 is 0 Å². The number of benzene rings is 1. The maximum atomic E-state index is 12.6. The highest BCUT2D eigenvalue weighted by atomic mass is 32.2. The number of rotatable bonds is 9. The highest BCUT2D eigenvalue weighted by Crippen LogP contribution is 2.40. The lowest BCUT2D eigenvalue weighted by Gasteiger charge is -2.28. The lowest BCUT2D eigenvalue weighted by Crippen LogP contribution is -2.25. The molecule has 4 heteroatoms. The molecule has 160 valence electrons. The Kier molecular flexibility index (Phi) is 9.39. The highest BCUT2D eigenvalue weighted by molar-refractivity contribution is 8.00. The first-order chi connectivity index (χ1) is 12.9. The molecule has 1 N–H and O–H groups in total. The molecule has 1 atom stereocenters. The molecular weight excluding hydrogens is 368 g/mol. The van der Waals surface area contributed by atoms with E-state index in [0.717, 1.165) is 41.7 Å². The van der Waals surface area contributed by atoms with Crippen molar-refractivity contribution in [3.8, 4) is 5.75 Å². The van der Waals surface area contributed by atoms with Crippen molar-refractivity contribution in [3.63, 3.8) is 0 Å². The molecule has 0 amide bonds. The van der Waals surface area contributed by atoms with Gasteiger partial charge in [-0.1, -0.05) is 73.9 Å². The van der Waals surface area contributed by atoms with Crippen LogP contribution in [-0.4, -0.2) is 28.7 Å². The lowest BCUT2D eigenvalue weighted by molar-refractivity contribution is -0.142. The highest BCUT2D eigenvalue weighted by Gasteiger charge is 2.28. The van der Waals surface area contributed by atoms with E-state index in [4.69, 9.17) is 4.74 Å². The zero-order valence-electron chi connectivity index (χ0n) is 19.1. The van der Waals surface area contributed by atoms with Crippen LogP contribution in [0.3, 0.4) is 0 Å². The minimum Gasteiger partial charge on any atom is -0.507 e. The van der Waals surface area contributed by atoms with Gasteiger partial charge >= 0.3 is 5.97 Å². The predicted octanol–water partition coefficient (Wildman–Crippen LogP) is 6.38. The Bertz CT molecular complexity index is 603. The summed E-state index contributed by atoms with van der Waals surface area (Å²) in [5.41, 5.74) is 2.62. The van der Waals surface area contributed by atoms with Crippen LogP contribution in [-0.2, 0) is 26.8 Å². The Morgan fingerprint density at radius 2 is 1.57 bits per heavy atom. The molecular formula is C24H40O3S. The quantitative estimate of drug-likeness (QED) is 0.380. The van der Waals surface area contributed by atoms with E-state index in [-0.39, 0.29) is 22.0 Å². The number of hydrogen-bond donors (Lipinski definition) is 1. The molecule has 1 rings (SSSR count). The first-order valence-electron chi connectivity index (χ1n) is 10.6. The number of carbonyl (C=O) groups is 1. The number of carbonyl (C=O) groups excluding carboxylic acids is 1. The molecule has 0 aliphatic heterocycles. The second-order valence-electron chi connectivity index (χ2n) is 9.62. The van der Waals surface area contributed by atoms with Gasteiger partial charge in [0.1, 0.15) is 11.0 Å². The molecule has 0 aliphatic rings. The van der Waals surface area contributed by atoms with Crippen LogP contribution >= 0.6 is 11.8 Å². The Hall–Kier alpha value is -1.16. The number of hydrogen-bond acceptors (Lipinski definition) is 4. The Balaban J connectivity index is 3.27. The van der Waals surface area contributed by atoms with Crippen LogP contribution in [0.1, 0.15) is 91.3 Å². The second-order valence-corrected chi connectivity index (χ2v) is 10.9. The fraction of sp³-hybridized carbons (Fsp3) is 0.708. The summed E-state index contributed by atoms with van der Waals surface area (Å²) in [5, 5.41) is 10.7. The number of thioether (sulfide) groups is 1. The summed E-state index contributed by atoms with van der Waals surface area (Å²) < 4.78 is 5.47. The number of esters is 1. The molecule has 0 bridgehead atoms. The summed E-state index contributed by atoms with van der Waals surface area (Å²) in [6.45, 7) is 17.3. The zero-order chi connectivity index (χ0) is 21.5. The number of unbranched alkanes of at least 4 members (excludes halogenated alkanes) is 1. The third-order valence-corrected chi connectivity index (χ3v) is 6.02. The molecule has 0 spiro atoms. The molecule has 0 aromatic heterocycles. The van der Waals surface area contributed by atoms with Crippen molar-refractivity contribution < 1.29 is 14.6 Å². The number of ether oxygens (including phenoxy) is 1. The van der Waals surface area contributed by atoms with Gasteiger partial charge in [-0.2, -0.15) is 0 Å². The first-order valence-corrected chi connectivity index (χ1v) is 11.6. The standard InChI is InChI=1S/C24H40O3S/c1-9-11-13-28-20(22(26)27-12-10-2)16-17-14-18(23(3,4)5)21(25)19(15-17)24(6,7)8/h14-15,20,25H,9-13,16H2,1-8H3. The average molecular weight is 409 g/mol. The molecule has 0 radical (unpaired) electrons. The van der Waals surface area contributed by atoms with Gasteiger partial charge in [0, 0.05) is 0 Å². The fourth-order valence-electron chi connectivity index (χ4n) is 3.05. The number of phenols is 1. The Labute approximate surface area is 176 Å². The van der Waals surface area contributed by atoms with E-state index in [1.165, 1.54) is 0 Å². The maximum Gasteiger partial charge on any atom is 0.319 e. The van der Waals surface area contributed by atoms with Gasteiger partial charge in [0.15, 0.2) is 0 Å². The largest absolute Gasteiger partial charge is 0.507 e. The van der Waals surface area contributed by atoms with Gasteiger partial charge in [-0.05, 0) is 52.5 Å². The molecule has 1 aromatic rings. The molecule has 0 saturated heterocycles. The van der Waals surface area contributed by atoms with Gasteiger partial charge in [-0.25, -0.2) is 0 Å². The Morgan fingerprint density at radius 1 is 1.04 bits per heavy atom. The van der Waals surface area contributed by atoms with Crippen LogP contribution in [0.5, 0.6) is 5.75 Å². The summed E-state index contributed by atoms with van der Waals surface area (Å²) in [5.74, 6) is 1.22. The first kappa shape index (κ1) is 24.9. The molecule has 1 unspecified atom stereocenters. The van der Waals surface area contributed by atoms with E-state index in [1.54, 1.807) is 11.8 Å². The van der Waals surface area contributed by atoms with Crippen molar-refractivity contribution in [3.05, 3.63) is 28.8 Å². The van der Waals surface area contributed by atoms with Crippen LogP contribution in [0.25, 0.3) is 0 Å². The van der Waals surface area contributed by atoms with E-state index in [0.29, 0.717) is 18.8 Å². The van der Waals surface area contributed by atoms with Crippen LogP contribution in [0, 0.1) is 0 Å². The minimum atomic E-state index is -0.205. The Morgan fingerprint density at radius 3 is 2.00 bits per heavy atom. The van der Waals surface area contributed by atoms with Crippen LogP contribution in [0.2, 0.25) is 0 Å². The van der Waals surface area contributed by atoms with Gasteiger partial charge in [0.05, 0.1) is 6.61 Å². The number of aromatic hydroxyl groups is 1. The average Bonchev–Trinajstić information content (AvgIpc) is 2.58. The molecule has 0 saturated carbocycles. The van der Waals surface area contributed by atoms with E-state index in [1.807, 2.05) is 6.92 Å². The van der Waals surface area contributed by atoms with E-state index in [2.05, 4.69) is 60.6 Å². The van der Waals surface area contributed by atoms with E-state index in [9.17, 15) is 9.90 Å². The molecule has 0 aliphatic carbocycles. The maximum absolute atomic E-state index is 12.6. The van der Waals surface area contributed by atoms with Gasteiger partial charge in [0.25, 0.3) is 0 Å². The molecule has 28 heavy (non-hydrogen) atoms. The van der Waals surface area contributed by atoms with Crippen molar-refractivity contribution in [2.75, 3.05) is 12.4 Å². The van der Waals surface area contributed by atoms with Gasteiger partial charge in [-0.15, -0.1) is 11.8 Å². The van der Waals surface area contributed by atoms with Crippen LogP contribution in [0.4, 0.5) is 0 Å². The van der Waals surface area contributed by atoms with Crippen molar-refractivity contribution in [2.45, 2.75) is 97.2 Å². The summed E-state index contributed by atoms with van der Waals surface area (Å²) in [6, 6.07) is 4.15. The van der Waals surface area contributed by atoms with Crippen molar-refractivity contribution in [1.82, 2.24) is 0 Å². The van der Waals surface area contributed by atoms with E-state index >= 15 is 0 Å². The monoisotopic (exact) mass is 408 g/mol.